The van der Waals surface area contributed by atoms with Gasteiger partial charge in [-0.1, -0.05) is 6.07 Å². The molecular formula is C16H20N4OS. The molecule has 0 aliphatic carbocycles. The van der Waals surface area contributed by atoms with Gasteiger partial charge in [0.25, 0.3) is 5.91 Å². The fourth-order valence-corrected chi connectivity index (χ4v) is 3.64. The van der Waals surface area contributed by atoms with Crippen molar-refractivity contribution in [3.05, 3.63) is 45.7 Å². The van der Waals surface area contributed by atoms with E-state index in [1.54, 1.807) is 6.20 Å². The summed E-state index contributed by atoms with van der Waals surface area (Å²) in [6.45, 7) is 5.48. The van der Waals surface area contributed by atoms with Gasteiger partial charge < -0.3 is 5.32 Å². The fraction of sp³-hybridized carbons (Fsp3) is 0.438. The van der Waals surface area contributed by atoms with E-state index < -0.39 is 0 Å². The highest BCUT2D eigenvalue weighted by atomic mass is 32.1. The standard InChI is InChI=1S/C16H20N4OS/c1-12-15(16(21)18-10-13-6-2-3-7-17-13)22-14(19-12)11-20-8-4-5-9-20/h2-3,6-7H,4-5,8-11H2,1H3,(H,18,21). The third-order valence-electron chi connectivity index (χ3n) is 3.76. The van der Waals surface area contributed by atoms with Crippen LogP contribution in [0.2, 0.25) is 0 Å². The summed E-state index contributed by atoms with van der Waals surface area (Å²) in [5.74, 6) is -0.0617. The maximum atomic E-state index is 12.3. The van der Waals surface area contributed by atoms with Crippen molar-refractivity contribution in [1.82, 2.24) is 20.2 Å². The number of rotatable bonds is 5. The number of hydrogen-bond acceptors (Lipinski definition) is 5. The van der Waals surface area contributed by atoms with Crippen molar-refractivity contribution in [2.75, 3.05) is 13.1 Å². The van der Waals surface area contributed by atoms with Gasteiger partial charge in [0.1, 0.15) is 9.88 Å². The Morgan fingerprint density at radius 1 is 1.36 bits per heavy atom. The molecule has 6 heteroatoms. The number of likely N-dealkylation sites (tertiary alicyclic amines) is 1. The van der Waals surface area contributed by atoms with Crippen LogP contribution in [0.4, 0.5) is 0 Å². The summed E-state index contributed by atoms with van der Waals surface area (Å²) in [5.41, 5.74) is 1.67. The van der Waals surface area contributed by atoms with Gasteiger partial charge >= 0.3 is 0 Å². The zero-order chi connectivity index (χ0) is 15.4. The highest BCUT2D eigenvalue weighted by Crippen LogP contribution is 2.21. The predicted molar refractivity (Wildman–Crippen MR) is 86.8 cm³/mol. The maximum Gasteiger partial charge on any atom is 0.263 e. The smallest absolute Gasteiger partial charge is 0.263 e. The molecule has 1 saturated heterocycles. The van der Waals surface area contributed by atoms with Crippen molar-refractivity contribution in [2.45, 2.75) is 32.9 Å². The van der Waals surface area contributed by atoms with Gasteiger partial charge in [-0.2, -0.15) is 0 Å². The van der Waals surface area contributed by atoms with Gasteiger partial charge in [-0.25, -0.2) is 4.98 Å². The molecule has 1 aliphatic rings. The first kappa shape index (κ1) is 15.1. The van der Waals surface area contributed by atoms with Gasteiger partial charge in [0, 0.05) is 6.20 Å². The van der Waals surface area contributed by atoms with Gasteiger partial charge in [-0.05, 0) is 45.0 Å². The number of aryl methyl sites for hydroxylation is 1. The van der Waals surface area contributed by atoms with Crippen LogP contribution in [0.15, 0.2) is 24.4 Å². The lowest BCUT2D eigenvalue weighted by molar-refractivity contribution is 0.0953. The van der Waals surface area contributed by atoms with E-state index in [4.69, 9.17) is 0 Å². The minimum atomic E-state index is -0.0617. The fourth-order valence-electron chi connectivity index (χ4n) is 2.62. The molecule has 0 atom stereocenters. The number of carbonyl (C=O) groups is 1. The average molecular weight is 316 g/mol. The Morgan fingerprint density at radius 3 is 2.91 bits per heavy atom. The second-order valence-corrected chi connectivity index (χ2v) is 6.59. The topological polar surface area (TPSA) is 58.1 Å². The molecule has 3 heterocycles. The molecule has 0 spiro atoms. The van der Waals surface area contributed by atoms with Crippen LogP contribution in [0.1, 0.15) is 38.9 Å². The monoisotopic (exact) mass is 316 g/mol. The second kappa shape index (κ2) is 6.98. The average Bonchev–Trinajstić information content (AvgIpc) is 3.16. The second-order valence-electron chi connectivity index (χ2n) is 5.51. The molecule has 116 valence electrons. The highest BCUT2D eigenvalue weighted by Gasteiger charge is 2.18. The Labute approximate surface area is 134 Å². The molecule has 2 aromatic heterocycles. The van der Waals surface area contributed by atoms with Gasteiger partial charge in [0.2, 0.25) is 0 Å². The molecule has 0 aromatic carbocycles. The number of pyridine rings is 1. The first-order valence-electron chi connectivity index (χ1n) is 7.59. The van der Waals surface area contributed by atoms with Crippen LogP contribution in [-0.4, -0.2) is 33.9 Å². The molecule has 1 aliphatic heterocycles. The Kier molecular flexibility index (Phi) is 4.80. The first-order chi connectivity index (χ1) is 10.7. The van der Waals surface area contributed by atoms with E-state index in [1.165, 1.54) is 24.2 Å². The number of nitrogens with zero attached hydrogens (tertiary/aromatic N) is 3. The van der Waals surface area contributed by atoms with Gasteiger partial charge in [0.15, 0.2) is 0 Å². The third kappa shape index (κ3) is 3.69. The van der Waals surface area contributed by atoms with Crippen LogP contribution in [0.5, 0.6) is 0 Å². The summed E-state index contributed by atoms with van der Waals surface area (Å²) in [7, 11) is 0. The summed E-state index contributed by atoms with van der Waals surface area (Å²) in [6.07, 6.45) is 4.26. The Hall–Kier alpha value is -1.79. The summed E-state index contributed by atoms with van der Waals surface area (Å²) in [6, 6.07) is 5.68. The molecule has 0 saturated carbocycles. The number of carbonyl (C=O) groups excluding carboxylic acids is 1. The summed E-state index contributed by atoms with van der Waals surface area (Å²) in [5, 5.41) is 3.95. The molecule has 22 heavy (non-hydrogen) atoms. The predicted octanol–water partition coefficient (Wildman–Crippen LogP) is 2.37. The van der Waals surface area contributed by atoms with Gasteiger partial charge in [-0.15, -0.1) is 11.3 Å². The minimum Gasteiger partial charge on any atom is -0.346 e. The van der Waals surface area contributed by atoms with Crippen molar-refractivity contribution in [1.29, 1.82) is 0 Å². The molecule has 0 unspecified atom stereocenters. The van der Waals surface area contributed by atoms with Crippen LogP contribution in [-0.2, 0) is 13.1 Å². The van der Waals surface area contributed by atoms with Crippen molar-refractivity contribution in [3.8, 4) is 0 Å². The molecule has 1 N–H and O–H groups in total. The zero-order valence-electron chi connectivity index (χ0n) is 12.7. The van der Waals surface area contributed by atoms with Crippen LogP contribution < -0.4 is 5.32 Å². The number of aromatic nitrogens is 2. The lowest BCUT2D eigenvalue weighted by Crippen LogP contribution is -2.23. The largest absolute Gasteiger partial charge is 0.346 e. The van der Waals surface area contributed by atoms with Gasteiger partial charge in [-0.3, -0.25) is 14.7 Å². The molecular weight excluding hydrogens is 296 g/mol. The van der Waals surface area contributed by atoms with E-state index in [9.17, 15) is 4.79 Å². The molecule has 0 bridgehead atoms. The Bertz CT molecular complexity index is 635. The molecule has 1 amide bonds. The van der Waals surface area contributed by atoms with Crippen molar-refractivity contribution in [2.24, 2.45) is 0 Å². The molecule has 0 radical (unpaired) electrons. The lowest BCUT2D eigenvalue weighted by Gasteiger charge is -2.11. The molecule has 2 aromatic rings. The normalized spacial score (nSPS) is 15.1. The van der Waals surface area contributed by atoms with Crippen LogP contribution in [0.25, 0.3) is 0 Å². The highest BCUT2D eigenvalue weighted by molar-refractivity contribution is 7.13. The molecule has 5 nitrogen and oxygen atoms in total. The first-order valence-corrected chi connectivity index (χ1v) is 8.41. The van der Waals surface area contributed by atoms with E-state index in [0.717, 1.165) is 36.0 Å². The quantitative estimate of drug-likeness (QED) is 0.920. The SMILES string of the molecule is Cc1nc(CN2CCCC2)sc1C(=O)NCc1ccccn1. The zero-order valence-corrected chi connectivity index (χ0v) is 13.5. The van der Waals surface area contributed by atoms with Crippen LogP contribution in [0.3, 0.4) is 0 Å². The van der Waals surface area contributed by atoms with Crippen LogP contribution in [0, 0.1) is 6.92 Å². The van der Waals surface area contributed by atoms with E-state index in [0.29, 0.717) is 11.4 Å². The number of hydrogen-bond donors (Lipinski definition) is 1. The minimum absolute atomic E-state index is 0.0617. The molecule has 1 fully saturated rings. The van der Waals surface area contributed by atoms with Crippen molar-refractivity contribution in [3.63, 3.8) is 0 Å². The summed E-state index contributed by atoms with van der Waals surface area (Å²) >= 11 is 1.50. The Balaban J connectivity index is 1.61. The summed E-state index contributed by atoms with van der Waals surface area (Å²) in [4.78, 5) is 24.2. The lowest BCUT2D eigenvalue weighted by atomic mass is 10.3. The van der Waals surface area contributed by atoms with E-state index in [2.05, 4.69) is 20.2 Å². The van der Waals surface area contributed by atoms with E-state index in [-0.39, 0.29) is 5.91 Å². The third-order valence-corrected chi connectivity index (χ3v) is 4.90. The van der Waals surface area contributed by atoms with Crippen molar-refractivity contribution < 1.29 is 4.79 Å². The number of nitrogens with one attached hydrogen (secondary N) is 1. The number of amides is 1. The number of thiazole rings is 1. The van der Waals surface area contributed by atoms with E-state index >= 15 is 0 Å². The summed E-state index contributed by atoms with van der Waals surface area (Å²) < 4.78 is 0. The maximum absolute atomic E-state index is 12.3. The van der Waals surface area contributed by atoms with Crippen LogP contribution >= 0.6 is 11.3 Å². The van der Waals surface area contributed by atoms with Crippen molar-refractivity contribution >= 4 is 17.2 Å². The van der Waals surface area contributed by atoms with Gasteiger partial charge in [0.05, 0.1) is 24.5 Å². The van der Waals surface area contributed by atoms with E-state index in [1.807, 2.05) is 25.1 Å². The Morgan fingerprint density at radius 2 is 2.18 bits per heavy atom. The molecule has 3 rings (SSSR count).